The second-order valence-corrected chi connectivity index (χ2v) is 4.62. The number of ether oxygens (including phenoxy) is 1. The van der Waals surface area contributed by atoms with Gasteiger partial charge in [-0.15, -0.1) is 0 Å². The van der Waals surface area contributed by atoms with Crippen LogP contribution >= 0.6 is 0 Å². The van der Waals surface area contributed by atoms with Crippen molar-refractivity contribution in [1.29, 1.82) is 0 Å². The SMILES string of the molecule is CCCc1nccn1-c1ccc(O[C@H](C)C(N)=O)cc1. The molecule has 0 aliphatic carbocycles. The van der Waals surface area contributed by atoms with Crippen LogP contribution in [0.5, 0.6) is 5.75 Å². The number of nitrogens with zero attached hydrogens (tertiary/aromatic N) is 2. The summed E-state index contributed by atoms with van der Waals surface area (Å²) in [6.07, 6.45) is 5.08. The lowest BCUT2D eigenvalue weighted by molar-refractivity contribution is -0.123. The third-order valence-electron chi connectivity index (χ3n) is 3.02. The summed E-state index contributed by atoms with van der Waals surface area (Å²) in [7, 11) is 0. The van der Waals surface area contributed by atoms with Crippen LogP contribution in [-0.2, 0) is 11.2 Å². The van der Waals surface area contributed by atoms with Crippen molar-refractivity contribution in [1.82, 2.24) is 9.55 Å². The molecule has 2 rings (SSSR count). The Balaban J connectivity index is 2.15. The number of imidazole rings is 1. The van der Waals surface area contributed by atoms with Crippen molar-refractivity contribution in [2.75, 3.05) is 0 Å². The van der Waals surface area contributed by atoms with E-state index in [0.29, 0.717) is 5.75 Å². The topological polar surface area (TPSA) is 70.1 Å². The highest BCUT2D eigenvalue weighted by Crippen LogP contribution is 2.18. The number of hydrogen-bond acceptors (Lipinski definition) is 3. The molecule has 1 aromatic carbocycles. The van der Waals surface area contributed by atoms with Crippen molar-refractivity contribution in [2.24, 2.45) is 5.73 Å². The molecule has 0 spiro atoms. The number of amides is 1. The number of rotatable bonds is 6. The van der Waals surface area contributed by atoms with Crippen molar-refractivity contribution in [3.63, 3.8) is 0 Å². The number of aromatic nitrogens is 2. The molecule has 0 saturated heterocycles. The van der Waals surface area contributed by atoms with Gasteiger partial charge in [-0.1, -0.05) is 6.92 Å². The predicted molar refractivity (Wildman–Crippen MR) is 76.8 cm³/mol. The molecule has 0 saturated carbocycles. The molecule has 106 valence electrons. The van der Waals surface area contributed by atoms with Crippen molar-refractivity contribution in [3.8, 4) is 11.4 Å². The van der Waals surface area contributed by atoms with E-state index in [1.165, 1.54) is 0 Å². The van der Waals surface area contributed by atoms with Gasteiger partial charge in [-0.25, -0.2) is 4.98 Å². The zero-order valence-electron chi connectivity index (χ0n) is 11.7. The number of aryl methyl sites for hydroxylation is 1. The van der Waals surface area contributed by atoms with Crippen molar-refractivity contribution < 1.29 is 9.53 Å². The molecule has 1 aromatic heterocycles. The Bertz CT molecular complexity index is 575. The van der Waals surface area contributed by atoms with Crippen LogP contribution in [0.1, 0.15) is 26.1 Å². The molecule has 5 heteroatoms. The Morgan fingerprint density at radius 2 is 2.10 bits per heavy atom. The largest absolute Gasteiger partial charge is 0.481 e. The van der Waals surface area contributed by atoms with E-state index in [0.717, 1.165) is 24.4 Å². The van der Waals surface area contributed by atoms with E-state index in [1.54, 1.807) is 13.1 Å². The number of primary amides is 1. The Morgan fingerprint density at radius 1 is 1.40 bits per heavy atom. The molecular weight excluding hydrogens is 254 g/mol. The fourth-order valence-corrected chi connectivity index (χ4v) is 1.93. The highest BCUT2D eigenvalue weighted by molar-refractivity contribution is 5.78. The van der Waals surface area contributed by atoms with Crippen LogP contribution in [-0.4, -0.2) is 21.6 Å². The maximum Gasteiger partial charge on any atom is 0.258 e. The van der Waals surface area contributed by atoms with Gasteiger partial charge >= 0.3 is 0 Å². The van der Waals surface area contributed by atoms with Gasteiger partial charge in [-0.3, -0.25) is 4.79 Å². The van der Waals surface area contributed by atoms with Crippen LogP contribution in [0.4, 0.5) is 0 Å². The smallest absolute Gasteiger partial charge is 0.258 e. The monoisotopic (exact) mass is 273 g/mol. The molecule has 20 heavy (non-hydrogen) atoms. The lowest BCUT2D eigenvalue weighted by Crippen LogP contribution is -2.30. The molecule has 2 N–H and O–H groups in total. The van der Waals surface area contributed by atoms with Crippen molar-refractivity contribution in [3.05, 3.63) is 42.5 Å². The minimum atomic E-state index is -0.634. The minimum absolute atomic E-state index is 0.478. The first kappa shape index (κ1) is 14.1. The molecule has 1 heterocycles. The molecule has 2 aromatic rings. The predicted octanol–water partition coefficient (Wildman–Crippen LogP) is 2.08. The summed E-state index contributed by atoms with van der Waals surface area (Å²) in [5.74, 6) is 1.18. The molecule has 0 unspecified atom stereocenters. The normalized spacial score (nSPS) is 12.1. The summed E-state index contributed by atoms with van der Waals surface area (Å²) in [4.78, 5) is 15.3. The van der Waals surface area contributed by atoms with Gasteiger partial charge in [0.05, 0.1) is 0 Å². The van der Waals surface area contributed by atoms with E-state index in [-0.39, 0.29) is 0 Å². The summed E-state index contributed by atoms with van der Waals surface area (Å²) in [5.41, 5.74) is 6.19. The van der Waals surface area contributed by atoms with Crippen LogP contribution in [0.3, 0.4) is 0 Å². The summed E-state index contributed by atoms with van der Waals surface area (Å²) in [5, 5.41) is 0. The van der Waals surface area contributed by atoms with Gasteiger partial charge in [0.2, 0.25) is 0 Å². The Morgan fingerprint density at radius 3 is 2.70 bits per heavy atom. The van der Waals surface area contributed by atoms with Gasteiger partial charge < -0.3 is 15.0 Å². The Kier molecular flexibility index (Phi) is 4.40. The first-order valence-corrected chi connectivity index (χ1v) is 6.70. The van der Waals surface area contributed by atoms with Crippen LogP contribution in [0.2, 0.25) is 0 Å². The maximum absolute atomic E-state index is 11.0. The highest BCUT2D eigenvalue weighted by atomic mass is 16.5. The van der Waals surface area contributed by atoms with Gasteiger partial charge in [-0.05, 0) is 37.6 Å². The molecule has 0 aliphatic rings. The van der Waals surface area contributed by atoms with E-state index < -0.39 is 12.0 Å². The lowest BCUT2D eigenvalue weighted by atomic mass is 10.2. The molecule has 5 nitrogen and oxygen atoms in total. The minimum Gasteiger partial charge on any atom is -0.481 e. The average Bonchev–Trinajstić information content (AvgIpc) is 2.88. The highest BCUT2D eigenvalue weighted by Gasteiger charge is 2.10. The molecule has 1 amide bonds. The first-order valence-electron chi connectivity index (χ1n) is 6.70. The van der Waals surface area contributed by atoms with E-state index >= 15 is 0 Å². The fourth-order valence-electron chi connectivity index (χ4n) is 1.93. The quantitative estimate of drug-likeness (QED) is 0.876. The maximum atomic E-state index is 11.0. The summed E-state index contributed by atoms with van der Waals surface area (Å²) in [6.45, 7) is 3.76. The molecule has 0 bridgehead atoms. The molecule has 0 fully saturated rings. The van der Waals surface area contributed by atoms with E-state index in [1.807, 2.05) is 35.0 Å². The number of nitrogens with two attached hydrogens (primary N) is 1. The molecule has 1 atom stereocenters. The fraction of sp³-hybridized carbons (Fsp3) is 0.333. The van der Waals surface area contributed by atoms with Gasteiger partial charge in [-0.2, -0.15) is 0 Å². The second kappa shape index (κ2) is 6.23. The number of hydrogen-bond donors (Lipinski definition) is 1. The van der Waals surface area contributed by atoms with Gasteiger partial charge in [0.1, 0.15) is 11.6 Å². The van der Waals surface area contributed by atoms with E-state index in [9.17, 15) is 4.79 Å². The van der Waals surface area contributed by atoms with Crippen LogP contribution < -0.4 is 10.5 Å². The van der Waals surface area contributed by atoms with Crippen molar-refractivity contribution >= 4 is 5.91 Å². The molecule has 0 aliphatic heterocycles. The number of benzene rings is 1. The number of carbonyl (C=O) groups is 1. The average molecular weight is 273 g/mol. The Labute approximate surface area is 118 Å². The summed E-state index contributed by atoms with van der Waals surface area (Å²) < 4.78 is 7.47. The van der Waals surface area contributed by atoms with Crippen molar-refractivity contribution in [2.45, 2.75) is 32.8 Å². The van der Waals surface area contributed by atoms with Gasteiger partial charge in [0.25, 0.3) is 5.91 Å². The third-order valence-corrected chi connectivity index (χ3v) is 3.02. The number of carbonyl (C=O) groups excluding carboxylic acids is 1. The van der Waals surface area contributed by atoms with Gasteiger partial charge in [0.15, 0.2) is 6.10 Å². The van der Waals surface area contributed by atoms with Crippen LogP contribution in [0.15, 0.2) is 36.7 Å². The van der Waals surface area contributed by atoms with Gasteiger partial charge in [0, 0.05) is 24.5 Å². The standard InChI is InChI=1S/C15H19N3O2/c1-3-4-14-17-9-10-18(14)12-5-7-13(8-6-12)20-11(2)15(16)19/h5-11H,3-4H2,1-2H3,(H2,16,19)/t11-/m1/s1. The van der Waals surface area contributed by atoms with Crippen LogP contribution in [0.25, 0.3) is 5.69 Å². The summed E-state index contributed by atoms with van der Waals surface area (Å²) >= 11 is 0. The third kappa shape index (κ3) is 3.17. The first-order chi connectivity index (χ1) is 9.61. The van der Waals surface area contributed by atoms with E-state index in [2.05, 4.69) is 11.9 Å². The van der Waals surface area contributed by atoms with E-state index in [4.69, 9.17) is 10.5 Å². The summed E-state index contributed by atoms with van der Waals surface area (Å²) in [6, 6.07) is 7.52. The molecule has 0 radical (unpaired) electrons. The molecular formula is C15H19N3O2. The lowest BCUT2D eigenvalue weighted by Gasteiger charge is -2.12. The van der Waals surface area contributed by atoms with Crippen LogP contribution in [0, 0.1) is 0 Å². The second-order valence-electron chi connectivity index (χ2n) is 4.62. The zero-order valence-corrected chi connectivity index (χ0v) is 11.7. The zero-order chi connectivity index (χ0) is 14.5. The Hall–Kier alpha value is -2.30.